The number of carbonyl (C=O) groups is 2. The highest BCUT2D eigenvalue weighted by molar-refractivity contribution is 5.94. The highest BCUT2D eigenvalue weighted by Crippen LogP contribution is 2.38. The highest BCUT2D eigenvalue weighted by atomic mass is 16.7. The molecule has 168 valence electrons. The Hall–Kier alpha value is -3.48. The molecule has 7 heteroatoms. The van der Waals surface area contributed by atoms with E-state index in [1.165, 1.54) is 0 Å². The largest absolute Gasteiger partial charge is 0.478 e. The number of rotatable bonds is 9. The van der Waals surface area contributed by atoms with Crippen LogP contribution in [0.2, 0.25) is 0 Å². The van der Waals surface area contributed by atoms with Gasteiger partial charge in [-0.3, -0.25) is 4.79 Å². The maximum atomic E-state index is 12.7. The van der Waals surface area contributed by atoms with E-state index in [1.54, 1.807) is 12.1 Å². The fourth-order valence-corrected chi connectivity index (χ4v) is 4.41. The number of carbonyl (C=O) groups excluding carboxylic acids is 1. The number of H-pyrrole nitrogens is 1. The van der Waals surface area contributed by atoms with Gasteiger partial charge in [-0.05, 0) is 47.9 Å². The summed E-state index contributed by atoms with van der Waals surface area (Å²) in [6.07, 6.45) is 3.56. The number of fused-ring (bicyclic) bond motifs is 2. The van der Waals surface area contributed by atoms with Gasteiger partial charge in [0.05, 0.1) is 6.42 Å². The molecule has 0 saturated heterocycles. The lowest BCUT2D eigenvalue weighted by atomic mass is 9.88. The second-order valence-corrected chi connectivity index (χ2v) is 8.68. The van der Waals surface area contributed by atoms with Crippen LogP contribution in [-0.2, 0) is 17.6 Å². The number of nitrogens with one attached hydrogen (secondary N) is 2. The van der Waals surface area contributed by atoms with Crippen LogP contribution in [0.5, 0.6) is 11.5 Å². The molecule has 0 spiro atoms. The number of ether oxygens (including phenoxy) is 2. The van der Waals surface area contributed by atoms with Gasteiger partial charge in [0.25, 0.3) is 0 Å². The van der Waals surface area contributed by atoms with Crippen molar-refractivity contribution < 1.29 is 24.2 Å². The summed E-state index contributed by atoms with van der Waals surface area (Å²) >= 11 is 0. The summed E-state index contributed by atoms with van der Waals surface area (Å²) in [4.78, 5) is 27.8. The number of aromatic amines is 1. The number of aromatic nitrogens is 1. The van der Waals surface area contributed by atoms with E-state index in [0.29, 0.717) is 42.4 Å². The van der Waals surface area contributed by atoms with Gasteiger partial charge in [-0.25, -0.2) is 4.79 Å². The Balaban J connectivity index is 1.45. The molecule has 2 aromatic carbocycles. The molecule has 0 saturated carbocycles. The first kappa shape index (κ1) is 21.7. The minimum Gasteiger partial charge on any atom is -0.478 e. The van der Waals surface area contributed by atoms with Crippen molar-refractivity contribution in [1.82, 2.24) is 10.3 Å². The van der Waals surface area contributed by atoms with Gasteiger partial charge in [-0.1, -0.05) is 38.1 Å². The summed E-state index contributed by atoms with van der Waals surface area (Å²) in [5, 5.41) is 13.9. The van der Waals surface area contributed by atoms with Crippen molar-refractivity contribution in [3.63, 3.8) is 0 Å². The molecule has 3 aromatic rings. The summed E-state index contributed by atoms with van der Waals surface area (Å²) in [6, 6.07) is 11.5. The second kappa shape index (κ2) is 9.34. The van der Waals surface area contributed by atoms with Crippen LogP contribution < -0.4 is 14.8 Å². The molecular weight excluding hydrogens is 408 g/mol. The number of amides is 1. The number of benzene rings is 2. The summed E-state index contributed by atoms with van der Waals surface area (Å²) in [5.41, 5.74) is 2.82. The van der Waals surface area contributed by atoms with Crippen molar-refractivity contribution in [3.05, 3.63) is 59.3 Å². The van der Waals surface area contributed by atoms with Crippen molar-refractivity contribution in [1.29, 1.82) is 0 Å². The summed E-state index contributed by atoms with van der Waals surface area (Å²) in [7, 11) is 0. The molecule has 2 heterocycles. The summed E-state index contributed by atoms with van der Waals surface area (Å²) in [6.45, 7) is 4.75. The Kier molecular flexibility index (Phi) is 6.35. The van der Waals surface area contributed by atoms with Gasteiger partial charge in [0, 0.05) is 23.6 Å². The molecule has 0 radical (unpaired) electrons. The van der Waals surface area contributed by atoms with Gasteiger partial charge in [0.15, 0.2) is 11.5 Å². The lowest BCUT2D eigenvalue weighted by Gasteiger charge is -2.21. The van der Waals surface area contributed by atoms with E-state index in [1.807, 2.05) is 30.5 Å². The normalized spacial score (nSPS) is 13.5. The van der Waals surface area contributed by atoms with E-state index in [4.69, 9.17) is 9.47 Å². The molecule has 1 atom stereocenters. The molecule has 1 aliphatic rings. The van der Waals surface area contributed by atoms with Crippen LogP contribution in [0.3, 0.4) is 0 Å². The van der Waals surface area contributed by atoms with E-state index in [0.717, 1.165) is 22.9 Å². The van der Waals surface area contributed by atoms with Crippen LogP contribution in [-0.4, -0.2) is 35.3 Å². The topological polar surface area (TPSA) is 101 Å². The Bertz CT molecular complexity index is 1130. The van der Waals surface area contributed by atoms with Crippen LogP contribution in [0, 0.1) is 11.8 Å². The van der Waals surface area contributed by atoms with Gasteiger partial charge in [0.2, 0.25) is 12.7 Å². The minimum absolute atomic E-state index is 0.0262. The van der Waals surface area contributed by atoms with E-state index in [9.17, 15) is 14.7 Å². The lowest BCUT2D eigenvalue weighted by Crippen LogP contribution is -2.32. The Labute approximate surface area is 186 Å². The molecule has 1 aromatic heterocycles. The van der Waals surface area contributed by atoms with Crippen molar-refractivity contribution in [2.45, 2.75) is 33.1 Å². The molecule has 1 aliphatic heterocycles. The average molecular weight is 437 g/mol. The number of hydrogen-bond acceptors (Lipinski definition) is 4. The third kappa shape index (κ3) is 4.72. The monoisotopic (exact) mass is 436 g/mol. The van der Waals surface area contributed by atoms with Crippen LogP contribution in [0.4, 0.5) is 0 Å². The van der Waals surface area contributed by atoms with Crippen LogP contribution in [0.15, 0.2) is 42.6 Å². The number of carboxylic acid groups (broad SMARTS) is 1. The third-order valence-electron chi connectivity index (χ3n) is 5.77. The molecule has 3 N–H and O–H groups in total. The van der Waals surface area contributed by atoms with Crippen molar-refractivity contribution in [2.24, 2.45) is 11.8 Å². The second-order valence-electron chi connectivity index (χ2n) is 8.68. The number of aromatic carboxylic acids is 1. The molecule has 0 aliphatic carbocycles. The highest BCUT2D eigenvalue weighted by Gasteiger charge is 2.27. The first-order chi connectivity index (χ1) is 15.4. The molecular formula is C25H28N2O5. The van der Waals surface area contributed by atoms with Crippen molar-refractivity contribution >= 4 is 22.8 Å². The lowest BCUT2D eigenvalue weighted by molar-refractivity contribution is -0.120. The summed E-state index contributed by atoms with van der Waals surface area (Å²) in [5.74, 6) is 0.176. The first-order valence-corrected chi connectivity index (χ1v) is 10.9. The minimum atomic E-state index is -1.03. The van der Waals surface area contributed by atoms with Crippen LogP contribution in [0.25, 0.3) is 10.9 Å². The Morgan fingerprint density at radius 3 is 2.72 bits per heavy atom. The van der Waals surface area contributed by atoms with Crippen LogP contribution in [0.1, 0.15) is 41.8 Å². The van der Waals surface area contributed by atoms with E-state index < -0.39 is 5.97 Å². The maximum absolute atomic E-state index is 12.7. The van der Waals surface area contributed by atoms with E-state index in [2.05, 4.69) is 24.1 Å². The van der Waals surface area contributed by atoms with Gasteiger partial charge in [-0.15, -0.1) is 0 Å². The fraction of sp³-hybridized carbons (Fsp3) is 0.360. The van der Waals surface area contributed by atoms with Crippen LogP contribution >= 0.6 is 0 Å². The fourth-order valence-electron chi connectivity index (χ4n) is 4.41. The third-order valence-corrected chi connectivity index (χ3v) is 5.77. The molecule has 4 rings (SSSR count). The standard InChI is InChI=1S/C25H28N2O5/c1-15(2)9-16(10-17-7-8-21-24(32-14-31-21)23(17)25(29)30)12-27-22(28)11-18-13-26-20-6-4-3-5-19(18)20/h3-8,13,15-16,26H,9-12,14H2,1-2H3,(H,27,28)(H,29,30)/t16-/m0/s1. The zero-order valence-corrected chi connectivity index (χ0v) is 18.3. The van der Waals surface area contributed by atoms with Crippen molar-refractivity contribution in [3.8, 4) is 11.5 Å². The molecule has 32 heavy (non-hydrogen) atoms. The number of hydrogen-bond donors (Lipinski definition) is 3. The molecule has 1 amide bonds. The van der Waals surface area contributed by atoms with Crippen molar-refractivity contribution in [2.75, 3.05) is 13.3 Å². The average Bonchev–Trinajstić information content (AvgIpc) is 3.38. The Morgan fingerprint density at radius 1 is 1.12 bits per heavy atom. The van der Waals surface area contributed by atoms with Gasteiger partial charge in [0.1, 0.15) is 5.56 Å². The first-order valence-electron chi connectivity index (χ1n) is 10.9. The van der Waals surface area contributed by atoms with E-state index >= 15 is 0 Å². The smallest absolute Gasteiger partial charge is 0.339 e. The molecule has 0 bridgehead atoms. The molecule has 0 unspecified atom stereocenters. The van der Waals surface area contributed by atoms with Gasteiger partial charge < -0.3 is 24.9 Å². The molecule has 7 nitrogen and oxygen atoms in total. The summed E-state index contributed by atoms with van der Waals surface area (Å²) < 4.78 is 10.7. The predicted molar refractivity (Wildman–Crippen MR) is 121 cm³/mol. The number of carboxylic acids is 1. The predicted octanol–water partition coefficient (Wildman–Crippen LogP) is 4.16. The van der Waals surface area contributed by atoms with Gasteiger partial charge in [-0.2, -0.15) is 0 Å². The molecule has 0 fully saturated rings. The van der Waals surface area contributed by atoms with E-state index in [-0.39, 0.29) is 24.2 Å². The zero-order chi connectivity index (χ0) is 22.7. The zero-order valence-electron chi connectivity index (χ0n) is 18.3. The quantitative estimate of drug-likeness (QED) is 0.468. The number of para-hydroxylation sites is 1. The van der Waals surface area contributed by atoms with Gasteiger partial charge >= 0.3 is 5.97 Å². The Morgan fingerprint density at radius 2 is 1.94 bits per heavy atom. The maximum Gasteiger partial charge on any atom is 0.339 e. The SMILES string of the molecule is CC(C)C[C@H](CNC(=O)Cc1c[nH]c2ccccc12)Cc1ccc2c(c1C(=O)O)OCO2.